The molecule has 4 rings (SSSR count). The quantitative estimate of drug-likeness (QED) is 0.256. The van der Waals surface area contributed by atoms with E-state index in [-0.39, 0.29) is 23.4 Å². The third-order valence-electron chi connectivity index (χ3n) is 7.90. The van der Waals surface area contributed by atoms with Crippen molar-refractivity contribution in [1.82, 2.24) is 10.2 Å². The molecule has 1 fully saturated rings. The van der Waals surface area contributed by atoms with Gasteiger partial charge < -0.3 is 19.7 Å². The number of aryl methyl sites for hydroxylation is 1. The lowest BCUT2D eigenvalue weighted by Crippen LogP contribution is -2.53. The van der Waals surface area contributed by atoms with Crippen LogP contribution in [0.3, 0.4) is 0 Å². The highest BCUT2D eigenvalue weighted by Crippen LogP contribution is 2.27. The van der Waals surface area contributed by atoms with Gasteiger partial charge in [0.25, 0.3) is 10.0 Å². The van der Waals surface area contributed by atoms with Gasteiger partial charge in [0.05, 0.1) is 24.3 Å². The molecule has 3 aromatic rings. The number of nitrogens with zero attached hydrogens (tertiary/aromatic N) is 2. The Bertz CT molecular complexity index is 1500. The molecule has 10 heteroatoms. The SMILES string of the molecule is CCOc1ccc(S(=O)(=O)N(CC(=O)N(Cc2cccc(OC)c2)C(CC)C(=O)NC2CCCC2)c2ccc(C)cc2)cc1. The summed E-state index contributed by atoms with van der Waals surface area (Å²) in [6.45, 7) is 5.69. The Hall–Kier alpha value is -4.05. The number of sulfonamides is 1. The Morgan fingerprint density at radius 2 is 1.64 bits per heavy atom. The Kier molecular flexibility index (Phi) is 11.3. The first-order valence-corrected chi connectivity index (χ1v) is 16.6. The van der Waals surface area contributed by atoms with Gasteiger partial charge in [-0.05, 0) is 87.2 Å². The molecule has 1 atom stereocenters. The summed E-state index contributed by atoms with van der Waals surface area (Å²) in [5.41, 5.74) is 2.07. The maximum atomic E-state index is 14.3. The number of hydrogen-bond acceptors (Lipinski definition) is 6. The minimum absolute atomic E-state index is 0.0275. The van der Waals surface area contributed by atoms with Crippen LogP contribution in [-0.4, -0.2) is 57.5 Å². The van der Waals surface area contributed by atoms with Crippen molar-refractivity contribution < 1.29 is 27.5 Å². The number of rotatable bonds is 14. The molecule has 44 heavy (non-hydrogen) atoms. The van der Waals surface area contributed by atoms with E-state index in [0.29, 0.717) is 30.2 Å². The summed E-state index contributed by atoms with van der Waals surface area (Å²) in [7, 11) is -2.61. The second-order valence-electron chi connectivity index (χ2n) is 11.0. The second kappa shape index (κ2) is 15.1. The molecule has 0 aliphatic heterocycles. The third-order valence-corrected chi connectivity index (χ3v) is 9.69. The summed E-state index contributed by atoms with van der Waals surface area (Å²) in [5, 5.41) is 3.14. The van der Waals surface area contributed by atoms with Gasteiger partial charge in [0.1, 0.15) is 24.1 Å². The molecule has 1 saturated carbocycles. The number of benzene rings is 3. The van der Waals surface area contributed by atoms with E-state index in [9.17, 15) is 18.0 Å². The Balaban J connectivity index is 1.71. The van der Waals surface area contributed by atoms with Crippen molar-refractivity contribution in [1.29, 1.82) is 0 Å². The topological polar surface area (TPSA) is 105 Å². The van der Waals surface area contributed by atoms with E-state index in [4.69, 9.17) is 9.47 Å². The highest BCUT2D eigenvalue weighted by atomic mass is 32.2. The van der Waals surface area contributed by atoms with E-state index in [2.05, 4.69) is 5.32 Å². The minimum Gasteiger partial charge on any atom is -0.497 e. The highest BCUT2D eigenvalue weighted by molar-refractivity contribution is 7.92. The Labute approximate surface area is 261 Å². The zero-order valence-electron chi connectivity index (χ0n) is 26.0. The smallest absolute Gasteiger partial charge is 0.264 e. The largest absolute Gasteiger partial charge is 0.497 e. The maximum Gasteiger partial charge on any atom is 0.264 e. The molecule has 1 unspecified atom stereocenters. The summed E-state index contributed by atoms with van der Waals surface area (Å²) in [6, 6.07) is 19.7. The number of hydrogen-bond donors (Lipinski definition) is 1. The van der Waals surface area contributed by atoms with E-state index < -0.39 is 28.5 Å². The molecule has 0 spiro atoms. The van der Waals surface area contributed by atoms with Crippen LogP contribution < -0.4 is 19.1 Å². The molecule has 0 radical (unpaired) electrons. The third kappa shape index (κ3) is 8.11. The Morgan fingerprint density at radius 3 is 2.25 bits per heavy atom. The van der Waals surface area contributed by atoms with E-state index in [1.165, 1.54) is 17.0 Å². The van der Waals surface area contributed by atoms with Crippen molar-refractivity contribution in [2.24, 2.45) is 0 Å². The molecule has 9 nitrogen and oxygen atoms in total. The molecule has 3 aromatic carbocycles. The van der Waals surface area contributed by atoms with Gasteiger partial charge in [-0.1, -0.05) is 49.6 Å². The van der Waals surface area contributed by atoms with Crippen LogP contribution in [0.4, 0.5) is 5.69 Å². The lowest BCUT2D eigenvalue weighted by atomic mass is 10.1. The molecule has 2 amide bonds. The van der Waals surface area contributed by atoms with Crippen LogP contribution in [0.15, 0.2) is 77.7 Å². The van der Waals surface area contributed by atoms with Crippen LogP contribution in [0.25, 0.3) is 0 Å². The fourth-order valence-electron chi connectivity index (χ4n) is 5.50. The fourth-order valence-corrected chi connectivity index (χ4v) is 6.91. The zero-order valence-corrected chi connectivity index (χ0v) is 26.8. The highest BCUT2D eigenvalue weighted by Gasteiger charge is 2.34. The van der Waals surface area contributed by atoms with Crippen LogP contribution in [0, 0.1) is 6.92 Å². The molecular formula is C34H43N3O6S. The van der Waals surface area contributed by atoms with Crippen LogP contribution >= 0.6 is 0 Å². The van der Waals surface area contributed by atoms with Gasteiger partial charge in [0.15, 0.2) is 0 Å². The van der Waals surface area contributed by atoms with Crippen LogP contribution in [0.1, 0.15) is 57.1 Å². The van der Waals surface area contributed by atoms with Gasteiger partial charge in [-0.2, -0.15) is 0 Å². The van der Waals surface area contributed by atoms with Crippen molar-refractivity contribution in [3.8, 4) is 11.5 Å². The molecule has 1 aliphatic rings. The van der Waals surface area contributed by atoms with Gasteiger partial charge >= 0.3 is 0 Å². The first-order chi connectivity index (χ1) is 21.2. The second-order valence-corrected chi connectivity index (χ2v) is 12.9. The summed E-state index contributed by atoms with van der Waals surface area (Å²) < 4.78 is 40.2. The van der Waals surface area contributed by atoms with Crippen molar-refractivity contribution in [2.75, 3.05) is 24.6 Å². The van der Waals surface area contributed by atoms with E-state index in [1.54, 1.807) is 43.5 Å². The Morgan fingerprint density at radius 1 is 0.955 bits per heavy atom. The zero-order chi connectivity index (χ0) is 31.7. The standard InChI is InChI=1S/C34H43N3O6S/c1-5-32(34(39)35-27-11-7-8-12-27)36(23-26-10-9-13-30(22-26)42-4)33(38)24-37(28-16-14-25(3)15-17-28)44(40,41)31-20-18-29(19-21-31)43-6-2/h9-10,13-22,27,32H,5-8,11-12,23-24H2,1-4H3,(H,35,39). The summed E-state index contributed by atoms with van der Waals surface area (Å²) >= 11 is 0. The minimum atomic E-state index is -4.17. The summed E-state index contributed by atoms with van der Waals surface area (Å²) in [6.07, 6.45) is 4.30. The van der Waals surface area contributed by atoms with Gasteiger partial charge in [-0.3, -0.25) is 13.9 Å². The van der Waals surface area contributed by atoms with Gasteiger partial charge in [-0.25, -0.2) is 8.42 Å². The molecule has 0 aromatic heterocycles. The van der Waals surface area contributed by atoms with Crippen LogP contribution in [0.5, 0.6) is 11.5 Å². The first-order valence-electron chi connectivity index (χ1n) is 15.2. The average Bonchev–Trinajstić information content (AvgIpc) is 3.53. The fraction of sp³-hybridized carbons (Fsp3) is 0.412. The van der Waals surface area contributed by atoms with Gasteiger partial charge in [0.2, 0.25) is 11.8 Å². The van der Waals surface area contributed by atoms with E-state index in [0.717, 1.165) is 41.1 Å². The molecule has 0 saturated heterocycles. The molecule has 0 heterocycles. The number of methoxy groups -OCH3 is 1. The molecular weight excluding hydrogens is 578 g/mol. The number of nitrogens with one attached hydrogen (secondary N) is 1. The van der Waals surface area contributed by atoms with Crippen molar-refractivity contribution in [2.45, 2.75) is 76.4 Å². The van der Waals surface area contributed by atoms with E-state index in [1.807, 2.05) is 45.0 Å². The normalized spacial score (nSPS) is 14.1. The lowest BCUT2D eigenvalue weighted by Gasteiger charge is -2.34. The first kappa shape index (κ1) is 32.9. The average molecular weight is 622 g/mol. The molecule has 1 aliphatic carbocycles. The number of carbonyl (C=O) groups excluding carboxylic acids is 2. The van der Waals surface area contributed by atoms with E-state index >= 15 is 0 Å². The predicted molar refractivity (Wildman–Crippen MR) is 171 cm³/mol. The van der Waals surface area contributed by atoms with Crippen molar-refractivity contribution in [3.63, 3.8) is 0 Å². The molecule has 236 valence electrons. The number of amides is 2. The molecule has 0 bridgehead atoms. The lowest BCUT2D eigenvalue weighted by molar-refractivity contribution is -0.140. The van der Waals surface area contributed by atoms with Gasteiger partial charge in [-0.15, -0.1) is 0 Å². The number of carbonyl (C=O) groups is 2. The van der Waals surface area contributed by atoms with Crippen LogP contribution in [0.2, 0.25) is 0 Å². The molecule has 1 N–H and O–H groups in total. The summed E-state index contributed by atoms with van der Waals surface area (Å²) in [5.74, 6) is 0.453. The number of ether oxygens (including phenoxy) is 2. The van der Waals surface area contributed by atoms with Crippen molar-refractivity contribution in [3.05, 3.63) is 83.9 Å². The number of anilines is 1. The van der Waals surface area contributed by atoms with Crippen molar-refractivity contribution >= 4 is 27.5 Å². The van der Waals surface area contributed by atoms with Crippen LogP contribution in [-0.2, 0) is 26.2 Å². The van der Waals surface area contributed by atoms with Gasteiger partial charge in [0, 0.05) is 12.6 Å². The predicted octanol–water partition coefficient (Wildman–Crippen LogP) is 5.46. The monoisotopic (exact) mass is 621 g/mol. The maximum absolute atomic E-state index is 14.3. The summed E-state index contributed by atoms with van der Waals surface area (Å²) in [4.78, 5) is 29.4.